The van der Waals surface area contributed by atoms with Gasteiger partial charge in [0.15, 0.2) is 0 Å². The van der Waals surface area contributed by atoms with Crippen LogP contribution in [-0.4, -0.2) is 24.7 Å². The van der Waals surface area contributed by atoms with Crippen molar-refractivity contribution < 1.29 is 14.6 Å². The minimum atomic E-state index is -0.731. The van der Waals surface area contributed by atoms with Crippen molar-refractivity contribution in [3.05, 3.63) is 29.1 Å². The van der Waals surface area contributed by atoms with Crippen LogP contribution in [0.3, 0.4) is 0 Å². The second kappa shape index (κ2) is 4.83. The number of thiophene rings is 1. The van der Waals surface area contributed by atoms with E-state index in [0.717, 1.165) is 16.7 Å². The monoisotopic (exact) mass is 277 g/mol. The Labute approximate surface area is 115 Å². The molecule has 2 heterocycles. The molecule has 2 unspecified atom stereocenters. The Morgan fingerprint density at radius 2 is 2.32 bits per heavy atom. The Kier molecular flexibility index (Phi) is 3.16. The molecule has 1 aliphatic rings. The van der Waals surface area contributed by atoms with Crippen LogP contribution in [0, 0.1) is 5.92 Å². The standard InChI is InChI=1S/C14H15NO3S/c1-18-13-9(2-3-12-10(13)4-5-19-12)11-6-8(7-15-11)14(16)17/h2-5,8,11,15H,6-7H2,1H3,(H,16,17). The summed E-state index contributed by atoms with van der Waals surface area (Å²) >= 11 is 1.68. The molecule has 5 heteroatoms. The summed E-state index contributed by atoms with van der Waals surface area (Å²) in [4.78, 5) is 11.0. The summed E-state index contributed by atoms with van der Waals surface area (Å²) in [6.07, 6.45) is 0.612. The first kappa shape index (κ1) is 12.4. The van der Waals surface area contributed by atoms with Crippen LogP contribution >= 0.6 is 11.3 Å². The number of carboxylic acids is 1. The average molecular weight is 277 g/mol. The van der Waals surface area contributed by atoms with E-state index < -0.39 is 5.97 Å². The summed E-state index contributed by atoms with van der Waals surface area (Å²) < 4.78 is 6.73. The molecule has 1 aromatic heterocycles. The topological polar surface area (TPSA) is 58.6 Å². The number of ether oxygens (including phenoxy) is 1. The van der Waals surface area contributed by atoms with Gasteiger partial charge in [-0.15, -0.1) is 11.3 Å². The van der Waals surface area contributed by atoms with Gasteiger partial charge in [0.1, 0.15) is 5.75 Å². The van der Waals surface area contributed by atoms with Gasteiger partial charge in [-0.25, -0.2) is 0 Å². The second-order valence-electron chi connectivity index (χ2n) is 4.75. The van der Waals surface area contributed by atoms with Crippen molar-refractivity contribution in [1.29, 1.82) is 0 Å². The summed E-state index contributed by atoms with van der Waals surface area (Å²) in [5.74, 6) is -0.180. The van der Waals surface area contributed by atoms with Crippen LogP contribution < -0.4 is 10.1 Å². The molecular formula is C14H15NO3S. The Morgan fingerprint density at radius 3 is 3.00 bits per heavy atom. The van der Waals surface area contributed by atoms with E-state index in [1.54, 1.807) is 18.4 Å². The molecule has 0 amide bonds. The van der Waals surface area contributed by atoms with Crippen molar-refractivity contribution >= 4 is 27.4 Å². The lowest BCUT2D eigenvalue weighted by atomic mass is 9.98. The number of nitrogens with one attached hydrogen (secondary N) is 1. The highest BCUT2D eigenvalue weighted by molar-refractivity contribution is 7.17. The zero-order valence-electron chi connectivity index (χ0n) is 10.6. The number of rotatable bonds is 3. The van der Waals surface area contributed by atoms with Gasteiger partial charge in [0.25, 0.3) is 0 Å². The lowest BCUT2D eigenvalue weighted by Gasteiger charge is -2.16. The first-order valence-corrected chi connectivity index (χ1v) is 7.09. The molecule has 2 atom stereocenters. The van der Waals surface area contributed by atoms with Gasteiger partial charge >= 0.3 is 5.97 Å². The predicted molar refractivity (Wildman–Crippen MR) is 74.9 cm³/mol. The first-order valence-electron chi connectivity index (χ1n) is 6.21. The molecule has 1 aliphatic heterocycles. The minimum Gasteiger partial charge on any atom is -0.496 e. The minimum absolute atomic E-state index is 0.0559. The van der Waals surface area contributed by atoms with E-state index in [9.17, 15) is 4.79 Å². The van der Waals surface area contributed by atoms with E-state index >= 15 is 0 Å². The molecule has 0 bridgehead atoms. The third-order valence-electron chi connectivity index (χ3n) is 3.68. The molecule has 0 spiro atoms. The summed E-state index contributed by atoms with van der Waals surface area (Å²) in [7, 11) is 1.67. The normalized spacial score (nSPS) is 22.8. The molecule has 1 aromatic carbocycles. The molecule has 2 aromatic rings. The van der Waals surface area contributed by atoms with E-state index in [1.165, 1.54) is 4.70 Å². The lowest BCUT2D eigenvalue weighted by Crippen LogP contribution is -2.17. The highest BCUT2D eigenvalue weighted by atomic mass is 32.1. The van der Waals surface area contributed by atoms with Crippen molar-refractivity contribution in [2.45, 2.75) is 12.5 Å². The SMILES string of the molecule is COc1c(C2CC(C(=O)O)CN2)ccc2sccc12. The highest BCUT2D eigenvalue weighted by Gasteiger charge is 2.32. The van der Waals surface area contributed by atoms with Crippen molar-refractivity contribution in [3.8, 4) is 5.75 Å². The van der Waals surface area contributed by atoms with E-state index in [0.29, 0.717) is 13.0 Å². The van der Waals surface area contributed by atoms with Crippen molar-refractivity contribution in [2.75, 3.05) is 13.7 Å². The van der Waals surface area contributed by atoms with Crippen LogP contribution in [-0.2, 0) is 4.79 Å². The van der Waals surface area contributed by atoms with Crippen LogP contribution in [0.1, 0.15) is 18.0 Å². The Morgan fingerprint density at radius 1 is 1.47 bits per heavy atom. The second-order valence-corrected chi connectivity index (χ2v) is 5.70. The van der Waals surface area contributed by atoms with Gasteiger partial charge in [-0.2, -0.15) is 0 Å². The van der Waals surface area contributed by atoms with Crippen LogP contribution in [0.5, 0.6) is 5.75 Å². The van der Waals surface area contributed by atoms with E-state index in [-0.39, 0.29) is 12.0 Å². The smallest absolute Gasteiger partial charge is 0.307 e. The molecule has 0 radical (unpaired) electrons. The Hall–Kier alpha value is -1.59. The van der Waals surface area contributed by atoms with Gasteiger partial charge in [0, 0.05) is 28.2 Å². The summed E-state index contributed by atoms with van der Waals surface area (Å²) in [6.45, 7) is 0.519. The number of methoxy groups -OCH3 is 1. The largest absolute Gasteiger partial charge is 0.496 e. The van der Waals surface area contributed by atoms with Gasteiger partial charge in [-0.05, 0) is 23.9 Å². The zero-order valence-corrected chi connectivity index (χ0v) is 11.4. The molecule has 1 fully saturated rings. The highest BCUT2D eigenvalue weighted by Crippen LogP contribution is 2.39. The van der Waals surface area contributed by atoms with Gasteiger partial charge in [0.2, 0.25) is 0 Å². The van der Waals surface area contributed by atoms with Crippen LogP contribution in [0.4, 0.5) is 0 Å². The van der Waals surface area contributed by atoms with Gasteiger partial charge < -0.3 is 15.2 Å². The predicted octanol–water partition coefficient (Wildman–Crippen LogP) is 2.65. The third kappa shape index (κ3) is 2.09. The number of fused-ring (bicyclic) bond motifs is 1. The number of carboxylic acid groups (broad SMARTS) is 1. The van der Waals surface area contributed by atoms with Gasteiger partial charge in [-0.1, -0.05) is 6.07 Å². The number of hydrogen-bond donors (Lipinski definition) is 2. The number of aliphatic carboxylic acids is 1. The fraction of sp³-hybridized carbons (Fsp3) is 0.357. The zero-order chi connectivity index (χ0) is 13.4. The van der Waals surface area contributed by atoms with Crippen LogP contribution in [0.2, 0.25) is 0 Å². The van der Waals surface area contributed by atoms with Gasteiger partial charge in [-0.3, -0.25) is 4.79 Å². The Bertz CT molecular complexity index is 622. The molecular weight excluding hydrogens is 262 g/mol. The summed E-state index contributed by atoms with van der Waals surface area (Å²) in [6, 6.07) is 6.22. The Balaban J connectivity index is 1.99. The number of hydrogen-bond acceptors (Lipinski definition) is 4. The van der Waals surface area contributed by atoms with E-state index in [4.69, 9.17) is 9.84 Å². The quantitative estimate of drug-likeness (QED) is 0.905. The van der Waals surface area contributed by atoms with Crippen LogP contribution in [0.15, 0.2) is 23.6 Å². The molecule has 2 N–H and O–H groups in total. The molecule has 4 nitrogen and oxygen atoms in total. The fourth-order valence-corrected chi connectivity index (χ4v) is 3.48. The average Bonchev–Trinajstić information content (AvgIpc) is 3.05. The fourth-order valence-electron chi connectivity index (χ4n) is 2.70. The molecule has 0 saturated carbocycles. The van der Waals surface area contributed by atoms with Crippen molar-refractivity contribution in [1.82, 2.24) is 5.32 Å². The maximum atomic E-state index is 11.0. The van der Waals surface area contributed by atoms with Crippen LogP contribution in [0.25, 0.3) is 10.1 Å². The molecule has 1 saturated heterocycles. The molecule has 19 heavy (non-hydrogen) atoms. The van der Waals surface area contributed by atoms with Gasteiger partial charge in [0.05, 0.1) is 13.0 Å². The third-order valence-corrected chi connectivity index (χ3v) is 4.56. The maximum absolute atomic E-state index is 11.0. The molecule has 0 aliphatic carbocycles. The van der Waals surface area contributed by atoms with E-state index in [2.05, 4.69) is 11.4 Å². The van der Waals surface area contributed by atoms with Crippen molar-refractivity contribution in [2.24, 2.45) is 5.92 Å². The molecule has 3 rings (SSSR count). The first-order chi connectivity index (χ1) is 9.20. The lowest BCUT2D eigenvalue weighted by molar-refractivity contribution is -0.141. The molecule has 100 valence electrons. The maximum Gasteiger partial charge on any atom is 0.307 e. The van der Waals surface area contributed by atoms with Crippen molar-refractivity contribution in [3.63, 3.8) is 0 Å². The number of benzene rings is 1. The number of carbonyl (C=O) groups is 1. The summed E-state index contributed by atoms with van der Waals surface area (Å²) in [5, 5.41) is 15.5. The summed E-state index contributed by atoms with van der Waals surface area (Å²) in [5.41, 5.74) is 1.05. The van der Waals surface area contributed by atoms with E-state index in [1.807, 2.05) is 17.5 Å².